The molecule has 1 amide bonds. The number of aliphatic carboxylic acids is 1. The number of halogens is 3. The van der Waals surface area contributed by atoms with Crippen molar-refractivity contribution >= 4 is 11.9 Å². The lowest BCUT2D eigenvalue weighted by Crippen LogP contribution is -2.62. The van der Waals surface area contributed by atoms with Gasteiger partial charge in [-0.05, 0) is 25.7 Å². The molecule has 2 aliphatic heterocycles. The molecule has 3 rings (SSSR count). The molecule has 0 saturated carbocycles. The molecule has 172 valence electrons. The van der Waals surface area contributed by atoms with Gasteiger partial charge in [-0.25, -0.2) is 4.79 Å². The second-order valence-corrected chi connectivity index (χ2v) is 8.12. The van der Waals surface area contributed by atoms with E-state index in [2.05, 4.69) is 28.9 Å². The molecule has 3 aliphatic rings. The number of fused-ring (bicyclic) bond motifs is 1. The number of amides is 1. The van der Waals surface area contributed by atoms with Crippen LogP contribution in [0.1, 0.15) is 32.6 Å². The highest BCUT2D eigenvalue weighted by molar-refractivity contribution is 5.83. The van der Waals surface area contributed by atoms with Gasteiger partial charge in [0.05, 0.1) is 30.8 Å². The van der Waals surface area contributed by atoms with Crippen molar-refractivity contribution in [3.63, 3.8) is 0 Å². The van der Waals surface area contributed by atoms with E-state index in [0.717, 1.165) is 65.1 Å². The second kappa shape index (κ2) is 10.6. The van der Waals surface area contributed by atoms with E-state index in [9.17, 15) is 18.0 Å². The van der Waals surface area contributed by atoms with Crippen molar-refractivity contribution in [2.24, 2.45) is 5.41 Å². The van der Waals surface area contributed by atoms with E-state index in [4.69, 9.17) is 19.4 Å². The molecule has 1 N–H and O–H groups in total. The molecule has 0 aromatic rings. The average Bonchev–Trinajstić information content (AvgIpc) is 2.71. The number of morpholine rings is 1. The molecule has 0 aromatic carbocycles. The summed E-state index contributed by atoms with van der Waals surface area (Å²) >= 11 is 0. The Morgan fingerprint density at radius 2 is 2.00 bits per heavy atom. The predicted molar refractivity (Wildman–Crippen MR) is 103 cm³/mol. The molecule has 0 radical (unpaired) electrons. The van der Waals surface area contributed by atoms with Gasteiger partial charge in [-0.15, -0.1) is 0 Å². The van der Waals surface area contributed by atoms with Crippen LogP contribution in [0.5, 0.6) is 0 Å². The lowest BCUT2D eigenvalue weighted by molar-refractivity contribution is -0.192. The molecule has 0 spiro atoms. The molecule has 1 aliphatic carbocycles. The summed E-state index contributed by atoms with van der Waals surface area (Å²) in [7, 11) is 1.74. The number of rotatable bonds is 4. The number of hydrogen-bond donors (Lipinski definition) is 1. The van der Waals surface area contributed by atoms with Crippen molar-refractivity contribution in [3.8, 4) is 0 Å². The zero-order chi connectivity index (χ0) is 22.4. The zero-order valence-corrected chi connectivity index (χ0v) is 17.5. The monoisotopic (exact) mass is 436 g/mol. The molecule has 10 heteroatoms. The first-order valence-corrected chi connectivity index (χ1v) is 10.2. The fourth-order valence-corrected chi connectivity index (χ4v) is 4.15. The van der Waals surface area contributed by atoms with Crippen LogP contribution in [0.2, 0.25) is 0 Å². The zero-order valence-electron chi connectivity index (χ0n) is 17.5. The molecule has 0 aromatic heterocycles. The van der Waals surface area contributed by atoms with E-state index < -0.39 is 12.1 Å². The van der Waals surface area contributed by atoms with Crippen molar-refractivity contribution in [2.75, 3.05) is 46.5 Å². The van der Waals surface area contributed by atoms with Gasteiger partial charge in [0.25, 0.3) is 0 Å². The molecule has 2 fully saturated rings. The number of carbonyl (C=O) groups excluding carboxylic acids is 1. The van der Waals surface area contributed by atoms with Gasteiger partial charge < -0.3 is 19.5 Å². The van der Waals surface area contributed by atoms with Gasteiger partial charge in [-0.2, -0.15) is 13.2 Å². The number of methoxy groups -OCH3 is 1. The van der Waals surface area contributed by atoms with E-state index in [0.29, 0.717) is 11.9 Å². The van der Waals surface area contributed by atoms with Gasteiger partial charge in [-0.3, -0.25) is 9.69 Å². The summed E-state index contributed by atoms with van der Waals surface area (Å²) in [5.41, 5.74) is -0.214. The SMILES string of the molecule is COCCN1CCO[C@H]2CCN(C(=O)C3(C)CC=CCC3)C[C@@H]21.O=C(O)C(F)(F)F. The average molecular weight is 436 g/mol. The molecular weight excluding hydrogens is 405 g/mol. The Hall–Kier alpha value is -1.65. The van der Waals surface area contributed by atoms with Crippen molar-refractivity contribution < 1.29 is 37.3 Å². The minimum Gasteiger partial charge on any atom is -0.475 e. The first-order valence-electron chi connectivity index (χ1n) is 10.2. The summed E-state index contributed by atoms with van der Waals surface area (Å²) in [5, 5.41) is 7.12. The van der Waals surface area contributed by atoms with E-state index in [1.54, 1.807) is 7.11 Å². The third-order valence-electron chi connectivity index (χ3n) is 5.93. The first kappa shape index (κ1) is 24.6. The van der Waals surface area contributed by atoms with E-state index >= 15 is 0 Å². The standard InChI is InChI=1S/C18H30N2O3.C2HF3O2/c1-18(7-4-3-5-8-18)17(21)20-9-6-16-15(14-20)19(10-12-22-2)11-13-23-16;3-2(4,5)1(6)7/h3-4,15-16H,5-14H2,1-2H3;(H,6,7)/t15-,16-,18?;/m0./s1. The number of hydrogen-bond acceptors (Lipinski definition) is 5. The number of nitrogens with zero attached hydrogens (tertiary/aromatic N) is 2. The Morgan fingerprint density at radius 1 is 1.30 bits per heavy atom. The van der Waals surface area contributed by atoms with Crippen molar-refractivity contribution in [2.45, 2.75) is 50.9 Å². The lowest BCUT2D eigenvalue weighted by Gasteiger charge is -2.48. The Morgan fingerprint density at radius 3 is 2.57 bits per heavy atom. The maximum Gasteiger partial charge on any atom is 0.490 e. The molecule has 7 nitrogen and oxygen atoms in total. The summed E-state index contributed by atoms with van der Waals surface area (Å²) in [6, 6.07) is 0.319. The number of allylic oxidation sites excluding steroid dienone is 2. The Bertz CT molecular complexity index is 628. The third kappa shape index (κ3) is 6.42. The lowest BCUT2D eigenvalue weighted by atomic mass is 9.77. The molecular formula is C20H31F3N2O5. The number of carboxylic acid groups (broad SMARTS) is 1. The van der Waals surface area contributed by atoms with Gasteiger partial charge >= 0.3 is 12.1 Å². The molecule has 2 heterocycles. The fourth-order valence-electron chi connectivity index (χ4n) is 4.15. The molecule has 0 bridgehead atoms. The maximum absolute atomic E-state index is 13.1. The number of ether oxygens (including phenoxy) is 2. The van der Waals surface area contributed by atoms with Crippen LogP contribution in [0, 0.1) is 5.41 Å². The summed E-state index contributed by atoms with van der Waals surface area (Å²) in [4.78, 5) is 26.5. The highest BCUT2D eigenvalue weighted by Gasteiger charge is 2.43. The smallest absolute Gasteiger partial charge is 0.475 e. The van der Waals surface area contributed by atoms with Crippen molar-refractivity contribution in [1.29, 1.82) is 0 Å². The van der Waals surface area contributed by atoms with Gasteiger partial charge in [0.1, 0.15) is 0 Å². The van der Waals surface area contributed by atoms with Crippen LogP contribution in [-0.2, 0) is 19.1 Å². The summed E-state index contributed by atoms with van der Waals surface area (Å²) in [5.74, 6) is -2.43. The number of carboxylic acids is 1. The highest BCUT2D eigenvalue weighted by atomic mass is 19.4. The minimum atomic E-state index is -5.08. The Labute approximate surface area is 174 Å². The van der Waals surface area contributed by atoms with E-state index in [1.807, 2.05) is 0 Å². The highest BCUT2D eigenvalue weighted by Crippen LogP contribution is 2.35. The second-order valence-electron chi connectivity index (χ2n) is 8.12. The molecule has 1 unspecified atom stereocenters. The summed E-state index contributed by atoms with van der Waals surface area (Å²) in [6.07, 6.45) is 3.36. The maximum atomic E-state index is 13.1. The van der Waals surface area contributed by atoms with E-state index in [1.165, 1.54) is 0 Å². The predicted octanol–water partition coefficient (Wildman–Crippen LogP) is 2.31. The van der Waals surface area contributed by atoms with Gasteiger partial charge in [-0.1, -0.05) is 19.1 Å². The third-order valence-corrected chi connectivity index (χ3v) is 5.93. The van der Waals surface area contributed by atoms with Crippen molar-refractivity contribution in [1.82, 2.24) is 9.80 Å². The fraction of sp³-hybridized carbons (Fsp3) is 0.800. The van der Waals surface area contributed by atoms with Crippen LogP contribution < -0.4 is 0 Å². The molecule has 2 saturated heterocycles. The Balaban J connectivity index is 0.000000396. The van der Waals surface area contributed by atoms with Crippen LogP contribution in [0.15, 0.2) is 12.2 Å². The largest absolute Gasteiger partial charge is 0.490 e. The van der Waals surface area contributed by atoms with Crippen LogP contribution in [0.4, 0.5) is 13.2 Å². The number of carbonyl (C=O) groups is 2. The number of alkyl halides is 3. The van der Waals surface area contributed by atoms with Crippen molar-refractivity contribution in [3.05, 3.63) is 12.2 Å². The summed E-state index contributed by atoms with van der Waals surface area (Å²) < 4.78 is 42.9. The quantitative estimate of drug-likeness (QED) is 0.682. The number of piperidine rings is 1. The van der Waals surface area contributed by atoms with Gasteiger partial charge in [0.15, 0.2) is 0 Å². The van der Waals surface area contributed by atoms with Crippen LogP contribution >= 0.6 is 0 Å². The van der Waals surface area contributed by atoms with E-state index in [-0.39, 0.29) is 11.5 Å². The normalized spacial score (nSPS) is 29.6. The first-order chi connectivity index (χ1) is 14.1. The van der Waals surface area contributed by atoms with Gasteiger partial charge in [0.2, 0.25) is 5.91 Å². The molecule has 30 heavy (non-hydrogen) atoms. The number of likely N-dealkylation sites (tertiary alicyclic amines) is 1. The minimum absolute atomic E-state index is 0.214. The van der Waals surface area contributed by atoms with Gasteiger partial charge in [0, 0.05) is 33.3 Å². The summed E-state index contributed by atoms with van der Waals surface area (Å²) in [6.45, 7) is 7.14. The van der Waals surface area contributed by atoms with Crippen LogP contribution in [-0.4, -0.2) is 91.6 Å². The molecule has 3 atom stereocenters. The Kier molecular flexibility index (Phi) is 8.69. The topological polar surface area (TPSA) is 79.3 Å². The van der Waals surface area contributed by atoms with Crippen LogP contribution in [0.3, 0.4) is 0 Å². The van der Waals surface area contributed by atoms with Crippen LogP contribution in [0.25, 0.3) is 0 Å².